The van der Waals surface area contributed by atoms with Gasteiger partial charge in [-0.1, -0.05) is 152 Å². The van der Waals surface area contributed by atoms with E-state index in [9.17, 15) is 0 Å². The standard InChI is InChI=1S/C54H37NO/c1-4-12-38(13-5-1)41-20-27-48(28-21-41)55(49-29-22-42(23-30-49)44-26-33-52-51-18-10-11-19-53(51)56-54(52)37-44)50-31-24-43(25-32-50)47-35-45(39-14-6-2-7-15-39)34-46(36-47)40-16-8-3-9-17-40/h1-37H. The summed E-state index contributed by atoms with van der Waals surface area (Å²) in [4.78, 5) is 2.33. The normalized spacial score (nSPS) is 11.2. The maximum Gasteiger partial charge on any atom is 0.136 e. The molecule has 0 aliphatic rings. The smallest absolute Gasteiger partial charge is 0.136 e. The molecule has 0 saturated heterocycles. The second-order valence-corrected chi connectivity index (χ2v) is 14.2. The minimum Gasteiger partial charge on any atom is -0.456 e. The summed E-state index contributed by atoms with van der Waals surface area (Å²) in [6.07, 6.45) is 0. The number of benzene rings is 9. The fourth-order valence-electron chi connectivity index (χ4n) is 7.78. The van der Waals surface area contributed by atoms with Gasteiger partial charge >= 0.3 is 0 Å². The maximum absolute atomic E-state index is 6.23. The second kappa shape index (κ2) is 14.4. The molecule has 56 heavy (non-hydrogen) atoms. The molecule has 0 spiro atoms. The number of hydrogen-bond acceptors (Lipinski definition) is 2. The number of anilines is 3. The fraction of sp³-hybridized carbons (Fsp3) is 0. The predicted molar refractivity (Wildman–Crippen MR) is 236 cm³/mol. The van der Waals surface area contributed by atoms with Crippen LogP contribution < -0.4 is 4.90 Å². The first-order valence-corrected chi connectivity index (χ1v) is 19.1. The molecule has 0 bridgehead atoms. The van der Waals surface area contributed by atoms with Crippen LogP contribution in [0.2, 0.25) is 0 Å². The van der Waals surface area contributed by atoms with Crippen molar-refractivity contribution < 1.29 is 4.42 Å². The molecule has 264 valence electrons. The monoisotopic (exact) mass is 715 g/mol. The number of nitrogens with zero attached hydrogens (tertiary/aromatic N) is 1. The lowest BCUT2D eigenvalue weighted by Crippen LogP contribution is -2.09. The zero-order chi connectivity index (χ0) is 37.3. The van der Waals surface area contributed by atoms with Crippen molar-refractivity contribution >= 4 is 39.0 Å². The van der Waals surface area contributed by atoms with Crippen molar-refractivity contribution in [3.8, 4) is 55.6 Å². The summed E-state index contributed by atoms with van der Waals surface area (Å²) in [6.45, 7) is 0. The van der Waals surface area contributed by atoms with E-state index in [1.807, 2.05) is 12.1 Å². The third-order valence-electron chi connectivity index (χ3n) is 10.7. The third-order valence-corrected chi connectivity index (χ3v) is 10.7. The van der Waals surface area contributed by atoms with Crippen LogP contribution in [-0.4, -0.2) is 0 Å². The molecule has 0 N–H and O–H groups in total. The van der Waals surface area contributed by atoms with E-state index in [1.54, 1.807) is 0 Å². The number of hydrogen-bond donors (Lipinski definition) is 0. The Hall–Kier alpha value is -7.42. The molecule has 10 rings (SSSR count). The van der Waals surface area contributed by atoms with Gasteiger partial charge in [0.15, 0.2) is 0 Å². The van der Waals surface area contributed by atoms with Gasteiger partial charge in [-0.2, -0.15) is 0 Å². The zero-order valence-corrected chi connectivity index (χ0v) is 30.7. The average Bonchev–Trinajstić information content (AvgIpc) is 3.66. The molecule has 2 heteroatoms. The molecule has 0 aliphatic heterocycles. The van der Waals surface area contributed by atoms with Crippen molar-refractivity contribution in [2.24, 2.45) is 0 Å². The SMILES string of the molecule is c1ccc(-c2ccc(N(c3ccc(-c4cc(-c5ccccc5)cc(-c5ccccc5)c4)cc3)c3ccc(-c4ccc5c(c4)oc4ccccc45)cc3)cc2)cc1. The van der Waals surface area contributed by atoms with Crippen LogP contribution in [0.25, 0.3) is 77.6 Å². The van der Waals surface area contributed by atoms with Gasteiger partial charge in [0.2, 0.25) is 0 Å². The summed E-state index contributed by atoms with van der Waals surface area (Å²) >= 11 is 0. The van der Waals surface area contributed by atoms with Crippen LogP contribution in [0.1, 0.15) is 0 Å². The molecule has 0 amide bonds. The van der Waals surface area contributed by atoms with Gasteiger partial charge in [0.25, 0.3) is 0 Å². The topological polar surface area (TPSA) is 16.4 Å². The van der Waals surface area contributed by atoms with Gasteiger partial charge in [0.1, 0.15) is 11.2 Å². The molecule has 0 aliphatic carbocycles. The molecule has 0 atom stereocenters. The van der Waals surface area contributed by atoms with Gasteiger partial charge in [-0.15, -0.1) is 0 Å². The molecule has 10 aromatic rings. The van der Waals surface area contributed by atoms with E-state index < -0.39 is 0 Å². The van der Waals surface area contributed by atoms with Crippen molar-refractivity contribution in [3.05, 3.63) is 224 Å². The highest BCUT2D eigenvalue weighted by Crippen LogP contribution is 2.40. The first kappa shape index (κ1) is 33.2. The van der Waals surface area contributed by atoms with Crippen LogP contribution in [0.3, 0.4) is 0 Å². The Morgan fingerprint density at radius 3 is 1.05 bits per heavy atom. The molecule has 0 radical (unpaired) electrons. The van der Waals surface area contributed by atoms with E-state index >= 15 is 0 Å². The van der Waals surface area contributed by atoms with E-state index in [0.717, 1.165) is 50.1 Å². The highest BCUT2D eigenvalue weighted by molar-refractivity contribution is 6.06. The largest absolute Gasteiger partial charge is 0.456 e. The molecule has 1 aromatic heterocycles. The number of para-hydroxylation sites is 1. The van der Waals surface area contributed by atoms with Gasteiger partial charge < -0.3 is 9.32 Å². The molecule has 0 unspecified atom stereocenters. The first-order valence-electron chi connectivity index (χ1n) is 19.1. The number of furan rings is 1. The summed E-state index contributed by atoms with van der Waals surface area (Å²) in [5.41, 5.74) is 16.9. The first-order chi connectivity index (χ1) is 27.7. The Morgan fingerprint density at radius 2 is 0.571 bits per heavy atom. The van der Waals surface area contributed by atoms with Crippen molar-refractivity contribution in [3.63, 3.8) is 0 Å². The Bertz CT molecular complexity index is 2850. The predicted octanol–water partition coefficient (Wildman–Crippen LogP) is 15.4. The quantitative estimate of drug-likeness (QED) is 0.156. The van der Waals surface area contributed by atoms with Crippen LogP contribution in [0.5, 0.6) is 0 Å². The highest BCUT2D eigenvalue weighted by Gasteiger charge is 2.15. The Morgan fingerprint density at radius 1 is 0.232 bits per heavy atom. The van der Waals surface area contributed by atoms with E-state index in [4.69, 9.17) is 4.42 Å². The summed E-state index contributed by atoms with van der Waals surface area (Å²) in [5, 5.41) is 2.28. The zero-order valence-electron chi connectivity index (χ0n) is 30.7. The van der Waals surface area contributed by atoms with Crippen molar-refractivity contribution in [1.29, 1.82) is 0 Å². The summed E-state index contributed by atoms with van der Waals surface area (Å²) in [6, 6.07) is 80.1. The van der Waals surface area contributed by atoms with Crippen molar-refractivity contribution in [2.45, 2.75) is 0 Å². The van der Waals surface area contributed by atoms with E-state index in [1.165, 1.54) is 44.5 Å². The van der Waals surface area contributed by atoms with Crippen molar-refractivity contribution in [1.82, 2.24) is 0 Å². The molecular weight excluding hydrogens is 679 g/mol. The minimum absolute atomic E-state index is 0.901. The second-order valence-electron chi connectivity index (χ2n) is 14.2. The Balaban J connectivity index is 1.03. The number of rotatable bonds is 8. The molecule has 2 nitrogen and oxygen atoms in total. The molecule has 0 fully saturated rings. The molecule has 9 aromatic carbocycles. The van der Waals surface area contributed by atoms with Crippen LogP contribution in [0.15, 0.2) is 229 Å². The number of fused-ring (bicyclic) bond motifs is 3. The Kier molecular flexibility index (Phi) is 8.55. The lowest BCUT2D eigenvalue weighted by Gasteiger charge is -2.26. The van der Waals surface area contributed by atoms with E-state index in [2.05, 4.69) is 217 Å². The van der Waals surface area contributed by atoms with Gasteiger partial charge in [0, 0.05) is 27.8 Å². The van der Waals surface area contributed by atoms with Gasteiger partial charge in [-0.25, -0.2) is 0 Å². The highest BCUT2D eigenvalue weighted by atomic mass is 16.3. The third kappa shape index (κ3) is 6.44. The Labute approximate surface area is 327 Å². The molecule has 1 heterocycles. The van der Waals surface area contributed by atoms with Crippen LogP contribution in [-0.2, 0) is 0 Å². The van der Waals surface area contributed by atoms with Crippen LogP contribution >= 0.6 is 0 Å². The average molecular weight is 716 g/mol. The molecular formula is C54H37NO. The summed E-state index contributed by atoms with van der Waals surface area (Å²) < 4.78 is 6.23. The van der Waals surface area contributed by atoms with Crippen LogP contribution in [0, 0.1) is 0 Å². The van der Waals surface area contributed by atoms with E-state index in [-0.39, 0.29) is 0 Å². The summed E-state index contributed by atoms with van der Waals surface area (Å²) in [7, 11) is 0. The van der Waals surface area contributed by atoms with Crippen molar-refractivity contribution in [2.75, 3.05) is 4.90 Å². The van der Waals surface area contributed by atoms with E-state index in [0.29, 0.717) is 0 Å². The lowest BCUT2D eigenvalue weighted by molar-refractivity contribution is 0.669. The fourth-order valence-corrected chi connectivity index (χ4v) is 7.78. The minimum atomic E-state index is 0.901. The van der Waals surface area contributed by atoms with Gasteiger partial charge in [0.05, 0.1) is 0 Å². The van der Waals surface area contributed by atoms with Gasteiger partial charge in [-0.3, -0.25) is 0 Å². The van der Waals surface area contributed by atoms with Crippen LogP contribution in [0.4, 0.5) is 17.1 Å². The maximum atomic E-state index is 6.23. The van der Waals surface area contributed by atoms with Gasteiger partial charge in [-0.05, 0) is 128 Å². The lowest BCUT2D eigenvalue weighted by atomic mass is 9.93. The summed E-state index contributed by atoms with van der Waals surface area (Å²) in [5.74, 6) is 0. The molecule has 0 saturated carbocycles.